The van der Waals surface area contributed by atoms with Gasteiger partial charge >= 0.3 is 6.03 Å². The number of ether oxygens (including phenoxy) is 1. The molecule has 0 aromatic carbocycles. The average molecular weight is 257 g/mol. The third-order valence-electron chi connectivity index (χ3n) is 2.99. The first kappa shape index (κ1) is 14.8. The minimum Gasteiger partial charge on any atom is -0.385 e. The molecule has 0 saturated carbocycles. The Labute approximate surface area is 108 Å². The molecule has 0 unspecified atom stereocenters. The Morgan fingerprint density at radius 2 is 1.78 bits per heavy atom. The van der Waals surface area contributed by atoms with Gasteiger partial charge in [-0.3, -0.25) is 4.79 Å². The predicted octanol–water partition coefficient (Wildman–Crippen LogP) is 0.287. The zero-order valence-corrected chi connectivity index (χ0v) is 11.3. The number of nitrogens with one attached hydrogen (secondary N) is 1. The summed E-state index contributed by atoms with van der Waals surface area (Å²) in [5, 5.41) is 2.77. The molecule has 3 amide bonds. The molecule has 1 aliphatic rings. The summed E-state index contributed by atoms with van der Waals surface area (Å²) in [6.45, 7) is 5.63. The van der Waals surface area contributed by atoms with E-state index in [0.717, 1.165) is 6.42 Å². The van der Waals surface area contributed by atoms with E-state index in [9.17, 15) is 9.59 Å². The van der Waals surface area contributed by atoms with Crippen LogP contribution in [0.15, 0.2) is 0 Å². The highest BCUT2D eigenvalue weighted by Crippen LogP contribution is 2.05. The molecule has 1 heterocycles. The van der Waals surface area contributed by atoms with Gasteiger partial charge in [-0.15, -0.1) is 0 Å². The fourth-order valence-corrected chi connectivity index (χ4v) is 1.95. The molecule has 6 heteroatoms. The van der Waals surface area contributed by atoms with E-state index >= 15 is 0 Å². The van der Waals surface area contributed by atoms with Gasteiger partial charge in [0, 0.05) is 52.9 Å². The molecule has 0 radical (unpaired) electrons. The first-order chi connectivity index (χ1) is 8.69. The lowest BCUT2D eigenvalue weighted by Gasteiger charge is -2.34. The number of piperazine rings is 1. The number of carbonyl (C=O) groups excluding carboxylic acids is 2. The highest BCUT2D eigenvalue weighted by Gasteiger charge is 2.23. The largest absolute Gasteiger partial charge is 0.385 e. The molecular weight excluding hydrogens is 234 g/mol. The van der Waals surface area contributed by atoms with Crippen molar-refractivity contribution in [3.8, 4) is 0 Å². The van der Waals surface area contributed by atoms with Crippen LogP contribution in [0.5, 0.6) is 0 Å². The van der Waals surface area contributed by atoms with Crippen molar-refractivity contribution in [1.29, 1.82) is 0 Å². The van der Waals surface area contributed by atoms with Crippen LogP contribution in [0.4, 0.5) is 4.79 Å². The van der Waals surface area contributed by atoms with E-state index in [1.54, 1.807) is 12.0 Å². The quantitative estimate of drug-likeness (QED) is 0.720. The summed E-state index contributed by atoms with van der Waals surface area (Å²) < 4.78 is 4.92. The summed E-state index contributed by atoms with van der Waals surface area (Å²) in [4.78, 5) is 27.0. The van der Waals surface area contributed by atoms with E-state index in [2.05, 4.69) is 5.32 Å². The van der Waals surface area contributed by atoms with E-state index in [-0.39, 0.29) is 11.9 Å². The summed E-state index contributed by atoms with van der Waals surface area (Å²) in [7, 11) is 1.63. The lowest BCUT2D eigenvalue weighted by molar-refractivity contribution is -0.132. The van der Waals surface area contributed by atoms with Crippen molar-refractivity contribution in [3.63, 3.8) is 0 Å². The van der Waals surface area contributed by atoms with E-state index in [1.165, 1.54) is 0 Å². The summed E-state index contributed by atoms with van der Waals surface area (Å²) in [6, 6.07) is -0.0380. The number of urea groups is 1. The average Bonchev–Trinajstić information content (AvgIpc) is 2.39. The fourth-order valence-electron chi connectivity index (χ4n) is 1.95. The Morgan fingerprint density at radius 3 is 2.33 bits per heavy atom. The fraction of sp³-hybridized carbons (Fsp3) is 0.833. The first-order valence-corrected chi connectivity index (χ1v) is 6.48. The highest BCUT2D eigenvalue weighted by atomic mass is 16.5. The Bertz CT molecular complexity index is 276. The van der Waals surface area contributed by atoms with Crippen LogP contribution in [0.3, 0.4) is 0 Å². The number of hydrogen-bond donors (Lipinski definition) is 1. The zero-order chi connectivity index (χ0) is 13.4. The molecule has 0 atom stereocenters. The zero-order valence-electron chi connectivity index (χ0n) is 11.3. The topological polar surface area (TPSA) is 61.9 Å². The molecule has 1 fully saturated rings. The standard InChI is InChI=1S/C12H23N3O3/c1-3-13-12(17)15-8-6-14(7-9-15)11(16)5-4-10-18-2/h3-10H2,1-2H3,(H,13,17). The van der Waals surface area contributed by atoms with Crippen molar-refractivity contribution in [1.82, 2.24) is 15.1 Å². The van der Waals surface area contributed by atoms with Crippen molar-refractivity contribution < 1.29 is 14.3 Å². The van der Waals surface area contributed by atoms with E-state index in [0.29, 0.717) is 45.8 Å². The molecule has 1 rings (SSSR count). The molecule has 0 aromatic heterocycles. The molecule has 1 N–H and O–H groups in total. The smallest absolute Gasteiger partial charge is 0.317 e. The van der Waals surface area contributed by atoms with Crippen LogP contribution >= 0.6 is 0 Å². The molecule has 104 valence electrons. The molecule has 0 aromatic rings. The summed E-state index contributed by atoms with van der Waals surface area (Å²) in [5.74, 6) is 0.155. The molecule has 18 heavy (non-hydrogen) atoms. The maximum atomic E-state index is 11.8. The Hall–Kier alpha value is -1.30. The number of hydrogen-bond acceptors (Lipinski definition) is 3. The van der Waals surface area contributed by atoms with Gasteiger partial charge in [0.2, 0.25) is 5.91 Å². The maximum Gasteiger partial charge on any atom is 0.317 e. The molecular formula is C12H23N3O3. The number of methoxy groups -OCH3 is 1. The molecule has 0 spiro atoms. The molecule has 1 saturated heterocycles. The van der Waals surface area contributed by atoms with Gasteiger partial charge in [0.05, 0.1) is 0 Å². The van der Waals surface area contributed by atoms with Gasteiger partial charge in [0.25, 0.3) is 0 Å². The van der Waals surface area contributed by atoms with Crippen LogP contribution < -0.4 is 5.32 Å². The first-order valence-electron chi connectivity index (χ1n) is 6.48. The van der Waals surface area contributed by atoms with Crippen LogP contribution in [0.25, 0.3) is 0 Å². The van der Waals surface area contributed by atoms with Crippen LogP contribution in [0.2, 0.25) is 0 Å². The van der Waals surface area contributed by atoms with Crippen LogP contribution in [-0.2, 0) is 9.53 Å². The van der Waals surface area contributed by atoms with Crippen molar-refractivity contribution in [2.24, 2.45) is 0 Å². The van der Waals surface area contributed by atoms with Crippen LogP contribution in [0.1, 0.15) is 19.8 Å². The van der Waals surface area contributed by atoms with Crippen molar-refractivity contribution >= 4 is 11.9 Å². The van der Waals surface area contributed by atoms with E-state index < -0.39 is 0 Å². The SMILES string of the molecule is CCNC(=O)N1CCN(C(=O)CCCOC)CC1. The second kappa shape index (κ2) is 7.92. The Kier molecular flexibility index (Phi) is 6.49. The number of carbonyl (C=O) groups is 2. The minimum atomic E-state index is -0.0380. The van der Waals surface area contributed by atoms with Gasteiger partial charge in [-0.2, -0.15) is 0 Å². The third kappa shape index (κ3) is 4.52. The van der Waals surface area contributed by atoms with Gasteiger partial charge in [0.15, 0.2) is 0 Å². The van der Waals surface area contributed by atoms with Crippen LogP contribution in [0, 0.1) is 0 Å². The lowest BCUT2D eigenvalue weighted by Crippen LogP contribution is -2.53. The highest BCUT2D eigenvalue weighted by molar-refractivity contribution is 5.77. The van der Waals surface area contributed by atoms with Crippen molar-refractivity contribution in [3.05, 3.63) is 0 Å². The molecule has 0 aliphatic carbocycles. The number of rotatable bonds is 5. The molecule has 1 aliphatic heterocycles. The summed E-state index contributed by atoms with van der Waals surface area (Å²) in [6.07, 6.45) is 1.28. The third-order valence-corrected chi connectivity index (χ3v) is 2.99. The van der Waals surface area contributed by atoms with Crippen LogP contribution in [-0.4, -0.2) is 68.2 Å². The maximum absolute atomic E-state index is 11.8. The summed E-state index contributed by atoms with van der Waals surface area (Å²) >= 11 is 0. The van der Waals surface area contributed by atoms with Gasteiger partial charge < -0.3 is 19.9 Å². The number of nitrogens with zero attached hydrogens (tertiary/aromatic N) is 2. The second-order valence-electron chi connectivity index (χ2n) is 4.30. The Balaban J connectivity index is 2.26. The Morgan fingerprint density at radius 1 is 1.17 bits per heavy atom. The normalized spacial score (nSPS) is 15.7. The molecule has 6 nitrogen and oxygen atoms in total. The number of amides is 3. The van der Waals surface area contributed by atoms with Crippen molar-refractivity contribution in [2.75, 3.05) is 46.4 Å². The monoisotopic (exact) mass is 257 g/mol. The van der Waals surface area contributed by atoms with E-state index in [4.69, 9.17) is 4.74 Å². The lowest BCUT2D eigenvalue weighted by atomic mass is 10.2. The van der Waals surface area contributed by atoms with Crippen molar-refractivity contribution in [2.45, 2.75) is 19.8 Å². The van der Waals surface area contributed by atoms with Gasteiger partial charge in [-0.1, -0.05) is 0 Å². The van der Waals surface area contributed by atoms with Gasteiger partial charge in [0.1, 0.15) is 0 Å². The predicted molar refractivity (Wildman–Crippen MR) is 68.3 cm³/mol. The van der Waals surface area contributed by atoms with Gasteiger partial charge in [-0.05, 0) is 13.3 Å². The van der Waals surface area contributed by atoms with Gasteiger partial charge in [-0.25, -0.2) is 4.79 Å². The second-order valence-corrected chi connectivity index (χ2v) is 4.30. The minimum absolute atomic E-state index is 0.0380. The molecule has 0 bridgehead atoms. The summed E-state index contributed by atoms with van der Waals surface area (Å²) in [5.41, 5.74) is 0. The van der Waals surface area contributed by atoms with E-state index in [1.807, 2.05) is 11.8 Å².